The van der Waals surface area contributed by atoms with Crippen LogP contribution in [0.15, 0.2) is 42.6 Å². The molecule has 1 unspecified atom stereocenters. The molecule has 3 rings (SSSR count). The molecule has 1 amide bonds. The highest BCUT2D eigenvalue weighted by molar-refractivity contribution is 6.61. The SMILES string of the molecule is CC(c1ccccn1)N(C)C(=O)c1ccc2c(c1)B(O)OC2. The van der Waals surface area contributed by atoms with Crippen LogP contribution in [-0.4, -0.2) is 35.0 Å². The standard InChI is InChI=1S/C16H17BN2O3/c1-11(15-5-3-4-8-18-15)19(2)16(20)12-6-7-13-10-22-17(21)14(13)9-12/h3-9,11,21H,10H2,1-2H3. The molecule has 0 saturated heterocycles. The van der Waals surface area contributed by atoms with Gasteiger partial charge in [-0.3, -0.25) is 9.78 Å². The van der Waals surface area contributed by atoms with Gasteiger partial charge >= 0.3 is 7.12 Å². The van der Waals surface area contributed by atoms with Crippen molar-refractivity contribution >= 4 is 18.5 Å². The van der Waals surface area contributed by atoms with Gasteiger partial charge in [0.15, 0.2) is 0 Å². The third kappa shape index (κ3) is 2.63. The lowest BCUT2D eigenvalue weighted by atomic mass is 9.78. The first-order valence-electron chi connectivity index (χ1n) is 7.18. The predicted octanol–water partition coefficient (Wildman–Crippen LogP) is 1.13. The Kier molecular flexibility index (Phi) is 3.96. The van der Waals surface area contributed by atoms with Crippen LogP contribution in [0.25, 0.3) is 0 Å². The average molecular weight is 296 g/mol. The van der Waals surface area contributed by atoms with E-state index in [1.807, 2.05) is 31.2 Å². The van der Waals surface area contributed by atoms with Gasteiger partial charge in [-0.1, -0.05) is 12.1 Å². The fourth-order valence-corrected chi connectivity index (χ4v) is 2.55. The smallest absolute Gasteiger partial charge is 0.423 e. The number of benzene rings is 1. The molecule has 1 aliphatic heterocycles. The maximum atomic E-state index is 12.6. The van der Waals surface area contributed by atoms with Crippen molar-refractivity contribution < 1.29 is 14.5 Å². The fraction of sp³-hybridized carbons (Fsp3) is 0.250. The Hall–Kier alpha value is -2.18. The van der Waals surface area contributed by atoms with Crippen molar-refractivity contribution in [2.24, 2.45) is 0 Å². The van der Waals surface area contributed by atoms with E-state index in [1.165, 1.54) is 0 Å². The molecule has 5 nitrogen and oxygen atoms in total. The zero-order valence-electron chi connectivity index (χ0n) is 12.6. The second-order valence-corrected chi connectivity index (χ2v) is 5.42. The number of aromatic nitrogens is 1. The van der Waals surface area contributed by atoms with Gasteiger partial charge in [0, 0.05) is 18.8 Å². The quantitative estimate of drug-likeness (QED) is 0.863. The Labute approximate surface area is 129 Å². The molecule has 112 valence electrons. The van der Waals surface area contributed by atoms with Crippen molar-refractivity contribution in [3.63, 3.8) is 0 Å². The normalized spacial score (nSPS) is 14.6. The fourth-order valence-electron chi connectivity index (χ4n) is 2.55. The van der Waals surface area contributed by atoms with Crippen LogP contribution in [0.2, 0.25) is 0 Å². The maximum absolute atomic E-state index is 12.6. The Morgan fingerprint density at radius 3 is 2.95 bits per heavy atom. The molecule has 1 atom stereocenters. The lowest BCUT2D eigenvalue weighted by molar-refractivity contribution is 0.0740. The van der Waals surface area contributed by atoms with Crippen LogP contribution in [0, 0.1) is 0 Å². The van der Waals surface area contributed by atoms with E-state index in [-0.39, 0.29) is 11.9 Å². The number of carbonyl (C=O) groups is 1. The first-order chi connectivity index (χ1) is 10.6. The molecule has 1 aliphatic rings. The summed E-state index contributed by atoms with van der Waals surface area (Å²) in [6.45, 7) is 2.32. The van der Waals surface area contributed by atoms with E-state index in [2.05, 4.69) is 4.98 Å². The third-order valence-electron chi connectivity index (χ3n) is 4.07. The first-order valence-corrected chi connectivity index (χ1v) is 7.18. The molecule has 2 heterocycles. The zero-order chi connectivity index (χ0) is 15.7. The van der Waals surface area contributed by atoms with Crippen molar-refractivity contribution in [1.29, 1.82) is 0 Å². The minimum absolute atomic E-state index is 0.111. The Balaban J connectivity index is 1.83. The van der Waals surface area contributed by atoms with Gasteiger partial charge in [0.05, 0.1) is 18.3 Å². The van der Waals surface area contributed by atoms with E-state index >= 15 is 0 Å². The van der Waals surface area contributed by atoms with Crippen molar-refractivity contribution in [2.75, 3.05) is 7.05 Å². The number of hydrogen-bond donors (Lipinski definition) is 1. The first kappa shape index (κ1) is 14.7. The van der Waals surface area contributed by atoms with Gasteiger partial charge in [-0.05, 0) is 42.2 Å². The highest BCUT2D eigenvalue weighted by atomic mass is 16.5. The van der Waals surface area contributed by atoms with Crippen LogP contribution in [0.4, 0.5) is 0 Å². The maximum Gasteiger partial charge on any atom is 0.491 e. The van der Waals surface area contributed by atoms with Crippen molar-refractivity contribution in [1.82, 2.24) is 9.88 Å². The molecular weight excluding hydrogens is 279 g/mol. The average Bonchev–Trinajstić information content (AvgIpc) is 2.94. The largest absolute Gasteiger partial charge is 0.491 e. The molecule has 0 radical (unpaired) electrons. The summed E-state index contributed by atoms with van der Waals surface area (Å²) in [5.41, 5.74) is 2.96. The number of carbonyl (C=O) groups excluding carboxylic acids is 1. The molecule has 2 aromatic rings. The van der Waals surface area contributed by atoms with Crippen molar-refractivity contribution in [2.45, 2.75) is 19.6 Å². The molecule has 0 spiro atoms. The lowest BCUT2D eigenvalue weighted by Gasteiger charge is -2.24. The van der Waals surface area contributed by atoms with Crippen LogP contribution in [0.1, 0.15) is 34.6 Å². The summed E-state index contributed by atoms with van der Waals surface area (Å²) in [6, 6.07) is 10.8. The summed E-state index contributed by atoms with van der Waals surface area (Å²) < 4.78 is 5.16. The molecule has 22 heavy (non-hydrogen) atoms. The Morgan fingerprint density at radius 2 is 2.23 bits per heavy atom. The predicted molar refractivity (Wildman–Crippen MR) is 83.6 cm³/mol. The second-order valence-electron chi connectivity index (χ2n) is 5.42. The molecule has 1 N–H and O–H groups in total. The summed E-state index contributed by atoms with van der Waals surface area (Å²) in [6.07, 6.45) is 1.72. The van der Waals surface area contributed by atoms with Crippen LogP contribution in [0.5, 0.6) is 0 Å². The van der Waals surface area contributed by atoms with Gasteiger partial charge in [0.25, 0.3) is 5.91 Å². The summed E-state index contributed by atoms with van der Waals surface area (Å²) in [5, 5.41) is 9.76. The summed E-state index contributed by atoms with van der Waals surface area (Å²) in [4.78, 5) is 18.6. The van der Waals surface area contributed by atoms with Gasteiger partial charge in [0.2, 0.25) is 0 Å². The molecule has 0 fully saturated rings. The van der Waals surface area contributed by atoms with Gasteiger partial charge in [-0.25, -0.2) is 0 Å². The second kappa shape index (κ2) is 5.91. The summed E-state index contributed by atoms with van der Waals surface area (Å²) in [7, 11) is 0.809. The third-order valence-corrected chi connectivity index (χ3v) is 4.07. The Bertz CT molecular complexity index is 693. The van der Waals surface area contributed by atoms with E-state index in [0.717, 1.165) is 11.3 Å². The topological polar surface area (TPSA) is 62.7 Å². The highest BCUT2D eigenvalue weighted by Gasteiger charge is 2.29. The van der Waals surface area contributed by atoms with Crippen molar-refractivity contribution in [3.05, 3.63) is 59.4 Å². The van der Waals surface area contributed by atoms with Gasteiger partial charge in [0.1, 0.15) is 0 Å². The van der Waals surface area contributed by atoms with E-state index in [9.17, 15) is 9.82 Å². The van der Waals surface area contributed by atoms with E-state index in [1.54, 1.807) is 30.3 Å². The van der Waals surface area contributed by atoms with Crippen LogP contribution in [0.3, 0.4) is 0 Å². The molecular formula is C16H17BN2O3. The number of fused-ring (bicyclic) bond motifs is 1. The number of hydrogen-bond acceptors (Lipinski definition) is 4. The monoisotopic (exact) mass is 296 g/mol. The summed E-state index contributed by atoms with van der Waals surface area (Å²) in [5.74, 6) is -0.111. The van der Waals surface area contributed by atoms with Crippen LogP contribution in [-0.2, 0) is 11.3 Å². The molecule has 0 bridgehead atoms. The molecule has 0 saturated carbocycles. The van der Waals surface area contributed by atoms with Gasteiger partial charge in [-0.15, -0.1) is 0 Å². The van der Waals surface area contributed by atoms with Gasteiger partial charge < -0.3 is 14.6 Å². The van der Waals surface area contributed by atoms with Crippen LogP contribution < -0.4 is 5.46 Å². The lowest BCUT2D eigenvalue weighted by Crippen LogP contribution is -2.33. The molecule has 1 aromatic carbocycles. The highest BCUT2D eigenvalue weighted by Crippen LogP contribution is 2.19. The zero-order valence-corrected chi connectivity index (χ0v) is 12.6. The minimum atomic E-state index is -0.943. The number of amides is 1. The van der Waals surface area contributed by atoms with Gasteiger partial charge in [-0.2, -0.15) is 0 Å². The Morgan fingerprint density at radius 1 is 1.41 bits per heavy atom. The summed E-state index contributed by atoms with van der Waals surface area (Å²) >= 11 is 0. The molecule has 1 aromatic heterocycles. The van der Waals surface area contributed by atoms with Crippen molar-refractivity contribution in [3.8, 4) is 0 Å². The van der Waals surface area contributed by atoms with Crippen LogP contribution >= 0.6 is 0 Å². The van der Waals surface area contributed by atoms with E-state index < -0.39 is 7.12 Å². The molecule has 0 aliphatic carbocycles. The molecule has 6 heteroatoms. The number of nitrogens with zero attached hydrogens (tertiary/aromatic N) is 2. The van der Waals surface area contributed by atoms with E-state index in [0.29, 0.717) is 17.6 Å². The number of pyridine rings is 1. The van der Waals surface area contributed by atoms with E-state index in [4.69, 9.17) is 4.65 Å². The minimum Gasteiger partial charge on any atom is -0.423 e. The number of rotatable bonds is 3.